The molecule has 0 bridgehead atoms. The van der Waals surface area contributed by atoms with Gasteiger partial charge in [0.15, 0.2) is 0 Å². The molecule has 0 spiro atoms. The van der Waals surface area contributed by atoms with Crippen LogP contribution >= 0.6 is 0 Å². The highest BCUT2D eigenvalue weighted by Gasteiger charge is 2.16. The highest BCUT2D eigenvalue weighted by Crippen LogP contribution is 2.15. The summed E-state index contributed by atoms with van der Waals surface area (Å²) < 4.78 is 11.3. The molecule has 2 aromatic rings. The van der Waals surface area contributed by atoms with Crippen LogP contribution in [0.2, 0.25) is 0 Å². The molecule has 2 unspecified atom stereocenters. The zero-order valence-corrected chi connectivity index (χ0v) is 19.0. The van der Waals surface area contributed by atoms with Crippen molar-refractivity contribution in [1.82, 2.24) is 0 Å². The third kappa shape index (κ3) is 9.17. The minimum absolute atomic E-state index is 0.302. The van der Waals surface area contributed by atoms with Crippen molar-refractivity contribution in [3.8, 4) is 0 Å². The van der Waals surface area contributed by atoms with Gasteiger partial charge in [0.25, 0.3) is 0 Å². The number of benzene rings is 2. The molecule has 0 aliphatic rings. The topological polar surface area (TPSA) is 52.6 Å². The number of ether oxygens (including phenoxy) is 2. The number of carbonyl (C=O) groups is 2. The Balaban J connectivity index is 2.02. The molecular weight excluding hydrogens is 400 g/mol. The second kappa shape index (κ2) is 13.1. The fourth-order valence-corrected chi connectivity index (χ4v) is 3.10. The van der Waals surface area contributed by atoms with Crippen molar-refractivity contribution in [1.29, 1.82) is 0 Å². The van der Waals surface area contributed by atoms with Gasteiger partial charge in [-0.2, -0.15) is 0 Å². The molecule has 0 amide bonds. The molecule has 32 heavy (non-hydrogen) atoms. The van der Waals surface area contributed by atoms with E-state index in [1.807, 2.05) is 72.8 Å². The standard InChI is InChI=1S/C28H32O4/c1-21(2)27(29)31-25(19-23-13-7-5-8-14-23)17-11-12-18-26(32-28(30)22(3)4)20-24-15-9-6-10-16-24/h5-16,25-26H,1,3,17-20H2,2,4H3/b12-11+. The van der Waals surface area contributed by atoms with Crippen molar-refractivity contribution in [2.45, 2.75) is 51.7 Å². The van der Waals surface area contributed by atoms with Crippen LogP contribution in [0.3, 0.4) is 0 Å². The van der Waals surface area contributed by atoms with Crippen LogP contribution < -0.4 is 0 Å². The molecule has 2 aromatic carbocycles. The summed E-state index contributed by atoms with van der Waals surface area (Å²) >= 11 is 0. The third-order valence-electron chi connectivity index (χ3n) is 4.82. The maximum Gasteiger partial charge on any atom is 0.333 e. The van der Waals surface area contributed by atoms with E-state index in [1.165, 1.54) is 0 Å². The van der Waals surface area contributed by atoms with Gasteiger partial charge in [0.2, 0.25) is 0 Å². The van der Waals surface area contributed by atoms with Gasteiger partial charge in [-0.25, -0.2) is 9.59 Å². The van der Waals surface area contributed by atoms with Crippen LogP contribution in [0, 0.1) is 0 Å². The van der Waals surface area contributed by atoms with E-state index in [-0.39, 0.29) is 12.2 Å². The molecule has 0 saturated heterocycles. The van der Waals surface area contributed by atoms with Gasteiger partial charge < -0.3 is 9.47 Å². The van der Waals surface area contributed by atoms with E-state index in [1.54, 1.807) is 13.8 Å². The van der Waals surface area contributed by atoms with E-state index in [4.69, 9.17) is 9.47 Å². The molecule has 4 heteroatoms. The highest BCUT2D eigenvalue weighted by molar-refractivity contribution is 5.87. The van der Waals surface area contributed by atoms with Crippen molar-refractivity contribution >= 4 is 11.9 Å². The van der Waals surface area contributed by atoms with Crippen molar-refractivity contribution < 1.29 is 19.1 Å². The molecule has 0 N–H and O–H groups in total. The first kappa shape index (κ1) is 24.9. The first-order valence-electron chi connectivity index (χ1n) is 10.8. The van der Waals surface area contributed by atoms with Crippen molar-refractivity contribution in [3.63, 3.8) is 0 Å². The summed E-state index contributed by atoms with van der Waals surface area (Å²) in [6, 6.07) is 19.8. The maximum atomic E-state index is 12.1. The zero-order chi connectivity index (χ0) is 23.3. The number of hydrogen-bond donors (Lipinski definition) is 0. The average Bonchev–Trinajstić information content (AvgIpc) is 2.77. The summed E-state index contributed by atoms with van der Waals surface area (Å²) in [6.45, 7) is 10.6. The van der Waals surface area contributed by atoms with Gasteiger partial charge >= 0.3 is 11.9 Å². The fourth-order valence-electron chi connectivity index (χ4n) is 3.10. The minimum atomic E-state index is -0.392. The second-order valence-corrected chi connectivity index (χ2v) is 7.94. The van der Waals surface area contributed by atoms with Gasteiger partial charge in [0.1, 0.15) is 12.2 Å². The lowest BCUT2D eigenvalue weighted by Crippen LogP contribution is -2.21. The van der Waals surface area contributed by atoms with Crippen molar-refractivity contribution in [2.24, 2.45) is 0 Å². The Morgan fingerprint density at radius 2 is 1.06 bits per heavy atom. The third-order valence-corrected chi connectivity index (χ3v) is 4.82. The second-order valence-electron chi connectivity index (χ2n) is 7.94. The minimum Gasteiger partial charge on any atom is -0.458 e. The van der Waals surface area contributed by atoms with Crippen LogP contribution in [0.5, 0.6) is 0 Å². The van der Waals surface area contributed by atoms with E-state index in [9.17, 15) is 9.59 Å². The summed E-state index contributed by atoms with van der Waals surface area (Å²) in [7, 11) is 0. The Kier molecular flexibility index (Phi) is 10.2. The number of carbonyl (C=O) groups excluding carboxylic acids is 2. The molecule has 2 rings (SSSR count). The smallest absolute Gasteiger partial charge is 0.333 e. The summed E-state index contributed by atoms with van der Waals surface area (Å²) in [5.41, 5.74) is 2.94. The molecule has 2 atom stereocenters. The Labute approximate surface area is 191 Å². The van der Waals surface area contributed by atoms with Crippen LogP contribution in [0.15, 0.2) is 97.1 Å². The summed E-state index contributed by atoms with van der Waals surface area (Å²) in [5, 5.41) is 0. The van der Waals surface area contributed by atoms with Gasteiger partial charge in [-0.05, 0) is 25.0 Å². The van der Waals surface area contributed by atoms with Crippen LogP contribution in [0.25, 0.3) is 0 Å². The van der Waals surface area contributed by atoms with E-state index in [2.05, 4.69) is 13.2 Å². The van der Waals surface area contributed by atoms with Crippen LogP contribution in [0.4, 0.5) is 0 Å². The summed E-state index contributed by atoms with van der Waals surface area (Å²) in [4.78, 5) is 24.1. The molecule has 0 aliphatic carbocycles. The van der Waals surface area contributed by atoms with E-state index in [0.717, 1.165) is 11.1 Å². The SMILES string of the molecule is C=C(C)C(=O)OC(C/C=C/CC(Cc1ccccc1)OC(=O)C(=C)C)Cc1ccccc1. The monoisotopic (exact) mass is 432 g/mol. The Morgan fingerprint density at radius 1 is 0.719 bits per heavy atom. The molecule has 0 heterocycles. The molecule has 168 valence electrons. The van der Waals surface area contributed by atoms with Gasteiger partial charge in [-0.3, -0.25) is 0 Å². The largest absolute Gasteiger partial charge is 0.458 e. The highest BCUT2D eigenvalue weighted by atomic mass is 16.5. The lowest BCUT2D eigenvalue weighted by atomic mass is 10.0. The molecule has 4 nitrogen and oxygen atoms in total. The quantitative estimate of drug-likeness (QED) is 0.242. The summed E-state index contributed by atoms with van der Waals surface area (Å²) in [6.07, 6.45) is 5.69. The van der Waals surface area contributed by atoms with E-state index in [0.29, 0.717) is 36.8 Å². The molecule has 0 aromatic heterocycles. The predicted octanol–water partition coefficient (Wildman–Crippen LogP) is 5.78. The molecular formula is C28H32O4. The first-order valence-corrected chi connectivity index (χ1v) is 10.8. The maximum absolute atomic E-state index is 12.1. The van der Waals surface area contributed by atoms with Crippen LogP contribution in [-0.4, -0.2) is 24.1 Å². The first-order chi connectivity index (χ1) is 15.3. The zero-order valence-electron chi connectivity index (χ0n) is 19.0. The molecule has 0 aliphatic heterocycles. The van der Waals surface area contributed by atoms with E-state index >= 15 is 0 Å². The predicted molar refractivity (Wildman–Crippen MR) is 128 cm³/mol. The lowest BCUT2D eigenvalue weighted by molar-refractivity contribution is -0.145. The Hall–Kier alpha value is -3.40. The summed E-state index contributed by atoms with van der Waals surface area (Å²) in [5.74, 6) is -0.784. The number of hydrogen-bond acceptors (Lipinski definition) is 4. The molecule has 0 saturated carbocycles. The van der Waals surface area contributed by atoms with Gasteiger partial charge in [-0.1, -0.05) is 86.0 Å². The molecule has 0 fully saturated rings. The van der Waals surface area contributed by atoms with Gasteiger partial charge in [-0.15, -0.1) is 0 Å². The molecule has 0 radical (unpaired) electrons. The van der Waals surface area contributed by atoms with E-state index < -0.39 is 11.9 Å². The fraction of sp³-hybridized carbons (Fsp3) is 0.286. The van der Waals surface area contributed by atoms with Gasteiger partial charge in [0.05, 0.1) is 0 Å². The van der Waals surface area contributed by atoms with Crippen LogP contribution in [-0.2, 0) is 31.9 Å². The normalized spacial score (nSPS) is 12.7. The Morgan fingerprint density at radius 3 is 1.38 bits per heavy atom. The van der Waals surface area contributed by atoms with Crippen LogP contribution in [0.1, 0.15) is 37.8 Å². The lowest BCUT2D eigenvalue weighted by Gasteiger charge is -2.18. The average molecular weight is 433 g/mol. The van der Waals surface area contributed by atoms with Gasteiger partial charge in [0, 0.05) is 36.8 Å². The van der Waals surface area contributed by atoms with Crippen molar-refractivity contribution in [3.05, 3.63) is 108 Å². The Bertz CT molecular complexity index is 851. The number of rotatable bonds is 12. The van der Waals surface area contributed by atoms with Crippen molar-refractivity contribution in [2.75, 3.05) is 0 Å². The number of esters is 2.